The Labute approximate surface area is 128 Å². The first kappa shape index (κ1) is 15.0. The molecule has 0 aliphatic heterocycles. The molecule has 2 rings (SSSR count). The Balaban J connectivity index is 2.43. The molecule has 0 aliphatic carbocycles. The third kappa shape index (κ3) is 3.38. The van der Waals surface area contributed by atoms with Crippen molar-refractivity contribution in [2.75, 3.05) is 0 Å². The van der Waals surface area contributed by atoms with Crippen LogP contribution in [0.1, 0.15) is 11.1 Å². The first-order valence-corrected chi connectivity index (χ1v) is 6.68. The predicted molar refractivity (Wildman–Crippen MR) is 82.6 cm³/mol. The fourth-order valence-electron chi connectivity index (χ4n) is 1.73. The highest BCUT2D eigenvalue weighted by Gasteiger charge is 2.13. The van der Waals surface area contributed by atoms with E-state index in [1.165, 1.54) is 24.4 Å². The number of nitro benzene ring substituents is 1. The molecule has 6 nitrogen and oxygen atoms in total. The van der Waals surface area contributed by atoms with Gasteiger partial charge in [0.05, 0.1) is 15.1 Å². The molecule has 0 heterocycles. The van der Waals surface area contributed by atoms with Crippen molar-refractivity contribution in [1.82, 2.24) is 0 Å². The lowest BCUT2D eigenvalue weighted by molar-refractivity contribution is -0.385. The molecule has 0 unspecified atom stereocenters. The van der Waals surface area contributed by atoms with Gasteiger partial charge in [-0.1, -0.05) is 0 Å². The van der Waals surface area contributed by atoms with Gasteiger partial charge >= 0.3 is 0 Å². The Bertz CT molecular complexity index is 744. The van der Waals surface area contributed by atoms with Crippen molar-refractivity contribution in [3.8, 4) is 11.5 Å². The van der Waals surface area contributed by atoms with Gasteiger partial charge in [-0.05, 0) is 46.6 Å². The monoisotopic (exact) mass is 350 g/mol. The van der Waals surface area contributed by atoms with E-state index in [4.69, 9.17) is 0 Å². The summed E-state index contributed by atoms with van der Waals surface area (Å²) in [7, 11) is 0. The highest BCUT2D eigenvalue weighted by Crippen LogP contribution is 2.32. The second-order valence-electron chi connectivity index (χ2n) is 4.35. The number of aromatic hydroxyl groups is 2. The number of aliphatic imine (C=N–C) groups is 1. The highest BCUT2D eigenvalue weighted by atomic mass is 79.9. The van der Waals surface area contributed by atoms with Gasteiger partial charge in [-0.3, -0.25) is 15.1 Å². The smallest absolute Gasteiger partial charge is 0.271 e. The molecular weight excluding hydrogens is 340 g/mol. The highest BCUT2D eigenvalue weighted by molar-refractivity contribution is 9.10. The van der Waals surface area contributed by atoms with Gasteiger partial charge in [-0.2, -0.15) is 0 Å². The third-order valence-electron chi connectivity index (χ3n) is 2.81. The number of aryl methyl sites for hydroxylation is 1. The van der Waals surface area contributed by atoms with E-state index in [-0.39, 0.29) is 27.2 Å². The van der Waals surface area contributed by atoms with Crippen LogP contribution in [0.15, 0.2) is 39.8 Å². The van der Waals surface area contributed by atoms with Gasteiger partial charge < -0.3 is 10.2 Å². The number of non-ortho nitro benzene ring substituents is 1. The summed E-state index contributed by atoms with van der Waals surface area (Å²) >= 11 is 3.07. The van der Waals surface area contributed by atoms with Gasteiger partial charge in [-0.25, -0.2) is 0 Å². The Morgan fingerprint density at radius 1 is 1.29 bits per heavy atom. The predicted octanol–water partition coefficient (Wildman–Crippen LogP) is 3.83. The van der Waals surface area contributed by atoms with Crippen LogP contribution in [-0.4, -0.2) is 21.4 Å². The fourth-order valence-corrected chi connectivity index (χ4v) is 2.20. The van der Waals surface area contributed by atoms with E-state index in [2.05, 4.69) is 20.9 Å². The lowest BCUT2D eigenvalue weighted by Gasteiger charge is -2.03. The third-order valence-corrected chi connectivity index (χ3v) is 3.42. The van der Waals surface area contributed by atoms with Crippen molar-refractivity contribution in [3.05, 3.63) is 56.0 Å². The maximum absolute atomic E-state index is 10.8. The van der Waals surface area contributed by atoms with Crippen LogP contribution in [0.4, 0.5) is 11.4 Å². The molecule has 2 N–H and O–H groups in total. The Morgan fingerprint density at radius 3 is 2.62 bits per heavy atom. The number of rotatable bonds is 3. The molecule has 7 heteroatoms. The SMILES string of the molecule is Cc1cc(O)ccc1N=Cc1cc([N+](=O)[O-])cc(Br)c1O. The summed E-state index contributed by atoms with van der Waals surface area (Å²) in [4.78, 5) is 14.4. The minimum absolute atomic E-state index is 0.124. The van der Waals surface area contributed by atoms with Gasteiger partial charge in [0, 0.05) is 23.9 Å². The zero-order valence-corrected chi connectivity index (χ0v) is 12.5. The zero-order chi connectivity index (χ0) is 15.6. The first-order chi connectivity index (χ1) is 9.88. The summed E-state index contributed by atoms with van der Waals surface area (Å²) in [5.41, 5.74) is 1.41. The molecule has 21 heavy (non-hydrogen) atoms. The van der Waals surface area contributed by atoms with Crippen LogP contribution in [0, 0.1) is 17.0 Å². The van der Waals surface area contributed by atoms with Crippen LogP contribution in [0.25, 0.3) is 0 Å². The lowest BCUT2D eigenvalue weighted by atomic mass is 10.1. The van der Waals surface area contributed by atoms with Crippen molar-refractivity contribution in [2.24, 2.45) is 4.99 Å². The number of hydrogen-bond donors (Lipinski definition) is 2. The van der Waals surface area contributed by atoms with Crippen molar-refractivity contribution in [1.29, 1.82) is 0 Å². The molecule has 0 saturated carbocycles. The number of halogens is 1. The Morgan fingerprint density at radius 2 is 2.00 bits per heavy atom. The molecule has 2 aromatic carbocycles. The minimum Gasteiger partial charge on any atom is -0.508 e. The van der Waals surface area contributed by atoms with E-state index in [1.54, 1.807) is 19.1 Å². The fraction of sp³-hybridized carbons (Fsp3) is 0.0714. The number of phenolic OH excluding ortho intramolecular Hbond substituents is 2. The van der Waals surface area contributed by atoms with Gasteiger partial charge in [-0.15, -0.1) is 0 Å². The molecule has 0 fully saturated rings. The normalized spacial score (nSPS) is 11.0. The van der Waals surface area contributed by atoms with E-state index in [0.29, 0.717) is 5.69 Å². The van der Waals surface area contributed by atoms with Crippen LogP contribution in [0.5, 0.6) is 11.5 Å². The molecule has 0 radical (unpaired) electrons. The topological polar surface area (TPSA) is 96.0 Å². The summed E-state index contributed by atoms with van der Waals surface area (Å²) in [5, 5.41) is 30.0. The summed E-state index contributed by atoms with van der Waals surface area (Å²) in [6.07, 6.45) is 1.34. The van der Waals surface area contributed by atoms with Crippen LogP contribution in [0.3, 0.4) is 0 Å². The summed E-state index contributed by atoms with van der Waals surface area (Å²) in [5.74, 6) is 0.00757. The molecule has 0 aliphatic rings. The Kier molecular flexibility index (Phi) is 4.23. The quantitative estimate of drug-likeness (QED) is 0.499. The van der Waals surface area contributed by atoms with Crippen LogP contribution in [0.2, 0.25) is 0 Å². The van der Waals surface area contributed by atoms with E-state index >= 15 is 0 Å². The molecule has 2 aromatic rings. The number of nitrogens with zero attached hydrogens (tertiary/aromatic N) is 2. The molecule has 0 aromatic heterocycles. The molecule has 0 amide bonds. The van der Waals surface area contributed by atoms with Crippen LogP contribution >= 0.6 is 15.9 Å². The van der Waals surface area contributed by atoms with Crippen molar-refractivity contribution >= 4 is 33.5 Å². The van der Waals surface area contributed by atoms with E-state index in [1.807, 2.05) is 0 Å². The maximum atomic E-state index is 10.8. The van der Waals surface area contributed by atoms with Crippen molar-refractivity contribution in [2.45, 2.75) is 6.92 Å². The van der Waals surface area contributed by atoms with Gasteiger partial charge in [0.1, 0.15) is 11.5 Å². The standard InChI is InChI=1S/C14H11BrN2O4/c1-8-4-11(18)2-3-13(8)16-7-9-5-10(17(20)21)6-12(15)14(9)19/h2-7,18-19H,1H3. The summed E-state index contributed by atoms with van der Waals surface area (Å²) < 4.78 is 0.223. The molecule has 0 bridgehead atoms. The molecule has 0 atom stereocenters. The minimum atomic E-state index is -0.548. The largest absolute Gasteiger partial charge is 0.508 e. The number of benzene rings is 2. The second-order valence-corrected chi connectivity index (χ2v) is 5.21. The number of phenols is 2. The average Bonchev–Trinajstić information content (AvgIpc) is 2.41. The second kappa shape index (κ2) is 5.92. The lowest BCUT2D eigenvalue weighted by Crippen LogP contribution is -1.92. The van der Waals surface area contributed by atoms with E-state index < -0.39 is 4.92 Å². The van der Waals surface area contributed by atoms with Gasteiger partial charge in [0.15, 0.2) is 0 Å². The number of hydrogen-bond acceptors (Lipinski definition) is 5. The average molecular weight is 351 g/mol. The van der Waals surface area contributed by atoms with Gasteiger partial charge in [0.2, 0.25) is 0 Å². The van der Waals surface area contributed by atoms with Crippen LogP contribution in [-0.2, 0) is 0 Å². The first-order valence-electron chi connectivity index (χ1n) is 5.89. The molecular formula is C14H11BrN2O4. The van der Waals surface area contributed by atoms with Gasteiger partial charge in [0.25, 0.3) is 5.69 Å². The van der Waals surface area contributed by atoms with E-state index in [9.17, 15) is 20.3 Å². The Hall–Kier alpha value is -2.41. The van der Waals surface area contributed by atoms with E-state index in [0.717, 1.165) is 5.56 Å². The zero-order valence-electron chi connectivity index (χ0n) is 10.9. The maximum Gasteiger partial charge on any atom is 0.271 e. The van der Waals surface area contributed by atoms with Crippen LogP contribution < -0.4 is 0 Å². The molecule has 0 spiro atoms. The van der Waals surface area contributed by atoms with Crippen molar-refractivity contribution < 1.29 is 15.1 Å². The van der Waals surface area contributed by atoms with Crippen molar-refractivity contribution in [3.63, 3.8) is 0 Å². The number of nitro groups is 1. The summed E-state index contributed by atoms with van der Waals surface area (Å²) in [6.45, 7) is 1.77. The molecule has 108 valence electrons. The molecule has 0 saturated heterocycles. The summed E-state index contributed by atoms with van der Waals surface area (Å²) in [6, 6.07) is 7.11.